The monoisotopic (exact) mass is 431 g/mol. The number of hydrogen-bond donors (Lipinski definition) is 0. The van der Waals surface area contributed by atoms with Gasteiger partial charge in [-0.2, -0.15) is 0 Å². The molecule has 3 nitrogen and oxygen atoms in total. The summed E-state index contributed by atoms with van der Waals surface area (Å²) in [5.41, 5.74) is 6.56. The first-order valence-corrected chi connectivity index (χ1v) is 11.4. The molecule has 3 rings (SSSR count). The predicted octanol–water partition coefficient (Wildman–Crippen LogP) is 9.06. The number of unbranched alkanes of at least 4 members (excludes halogenated alkanes) is 3. The summed E-state index contributed by atoms with van der Waals surface area (Å²) in [6, 6.07) is 25.3. The fourth-order valence-corrected chi connectivity index (χ4v) is 3.73. The fraction of sp³-hybridized carbons (Fsp3) is 0.200. The molecule has 0 atom stereocenters. The van der Waals surface area contributed by atoms with Gasteiger partial charge in [0, 0.05) is 17.1 Å². The van der Waals surface area contributed by atoms with Crippen LogP contribution in [0.3, 0.4) is 0 Å². The lowest BCUT2D eigenvalue weighted by Crippen LogP contribution is -2.10. The van der Waals surface area contributed by atoms with Gasteiger partial charge in [0.25, 0.3) is 0 Å². The van der Waals surface area contributed by atoms with E-state index in [1.807, 2.05) is 36.4 Å². The minimum absolute atomic E-state index is 0.997. The highest BCUT2D eigenvalue weighted by Gasteiger charge is 2.12. The van der Waals surface area contributed by atoms with Crippen molar-refractivity contribution >= 4 is 29.2 Å². The molecular weight excluding hydrogens is 402 g/mol. The van der Waals surface area contributed by atoms with Crippen LogP contribution >= 0.6 is 0 Å². The summed E-state index contributed by atoms with van der Waals surface area (Å²) in [5, 5.41) is 0. The Morgan fingerprint density at radius 3 is 1.52 bits per heavy atom. The van der Waals surface area contributed by atoms with Gasteiger partial charge in [0.15, 0.2) is 12.4 Å². The molecule has 0 saturated carbocycles. The third-order valence-corrected chi connectivity index (χ3v) is 5.50. The van der Waals surface area contributed by atoms with Crippen molar-refractivity contribution in [2.75, 3.05) is 4.90 Å². The van der Waals surface area contributed by atoms with E-state index in [9.17, 15) is 0 Å². The van der Waals surface area contributed by atoms with Crippen LogP contribution in [0.2, 0.25) is 0 Å². The lowest BCUT2D eigenvalue weighted by atomic mass is 10.0. The molecule has 0 aliphatic heterocycles. The third-order valence-electron chi connectivity index (χ3n) is 5.50. The number of benzene rings is 3. The van der Waals surface area contributed by atoms with Crippen molar-refractivity contribution in [2.45, 2.75) is 39.0 Å². The standard InChI is InChI=1S/C30H29N3/c1-4-5-6-7-8-25-9-15-28(16-10-25)33(29-17-11-26(12-18-29)21-23-31-2)30-19-13-27(14-20-30)22-24-32-3/h9-24H,4-8H2,1H3/b23-21-,24-22+. The van der Waals surface area contributed by atoms with E-state index in [0.29, 0.717) is 0 Å². The van der Waals surface area contributed by atoms with Gasteiger partial charge in [-0.1, -0.05) is 74.7 Å². The quantitative estimate of drug-likeness (QED) is 0.230. The van der Waals surface area contributed by atoms with Gasteiger partial charge in [0.1, 0.15) is 0 Å². The zero-order valence-electron chi connectivity index (χ0n) is 19.1. The number of anilines is 3. The van der Waals surface area contributed by atoms with Gasteiger partial charge in [-0.25, -0.2) is 9.69 Å². The fourth-order valence-electron chi connectivity index (χ4n) is 3.73. The van der Waals surface area contributed by atoms with Gasteiger partial charge < -0.3 is 4.90 Å². The molecule has 0 N–H and O–H groups in total. The number of hydrogen-bond acceptors (Lipinski definition) is 1. The van der Waals surface area contributed by atoms with Gasteiger partial charge >= 0.3 is 0 Å². The molecule has 0 bridgehead atoms. The maximum absolute atomic E-state index is 6.94. The maximum Gasteiger partial charge on any atom is 0.154 e. The van der Waals surface area contributed by atoms with E-state index in [1.165, 1.54) is 43.6 Å². The van der Waals surface area contributed by atoms with E-state index in [2.05, 4.69) is 70.0 Å². The average Bonchev–Trinajstić information content (AvgIpc) is 2.86. The molecule has 0 aromatic heterocycles. The van der Waals surface area contributed by atoms with Crippen LogP contribution in [-0.2, 0) is 6.42 Å². The van der Waals surface area contributed by atoms with Gasteiger partial charge in [0.05, 0.1) is 13.1 Å². The van der Waals surface area contributed by atoms with Crippen molar-refractivity contribution in [2.24, 2.45) is 0 Å². The molecule has 0 unspecified atom stereocenters. The first-order valence-electron chi connectivity index (χ1n) is 11.4. The second-order valence-electron chi connectivity index (χ2n) is 7.89. The van der Waals surface area contributed by atoms with Crippen molar-refractivity contribution in [3.63, 3.8) is 0 Å². The Bertz CT molecular complexity index is 1070. The van der Waals surface area contributed by atoms with Crippen LogP contribution in [0.5, 0.6) is 0 Å². The van der Waals surface area contributed by atoms with Gasteiger partial charge in [-0.15, -0.1) is 0 Å². The molecule has 3 aromatic rings. The minimum Gasteiger partial charge on any atom is -0.311 e. The van der Waals surface area contributed by atoms with Crippen LogP contribution in [-0.4, -0.2) is 0 Å². The van der Waals surface area contributed by atoms with Crippen LogP contribution in [0.1, 0.15) is 49.3 Å². The van der Waals surface area contributed by atoms with Crippen LogP contribution in [0.4, 0.5) is 17.1 Å². The minimum atomic E-state index is 0.997. The highest BCUT2D eigenvalue weighted by molar-refractivity contribution is 5.77. The molecule has 0 spiro atoms. The van der Waals surface area contributed by atoms with E-state index in [0.717, 1.165) is 34.6 Å². The van der Waals surface area contributed by atoms with Gasteiger partial charge in [-0.3, -0.25) is 0 Å². The average molecular weight is 432 g/mol. The number of aryl methyl sites for hydroxylation is 1. The molecule has 33 heavy (non-hydrogen) atoms. The molecule has 0 radical (unpaired) electrons. The Kier molecular flexibility index (Phi) is 9.07. The van der Waals surface area contributed by atoms with Crippen molar-refractivity contribution in [1.29, 1.82) is 0 Å². The summed E-state index contributed by atoms with van der Waals surface area (Å²) in [6.07, 6.45) is 12.8. The molecule has 0 amide bonds. The molecule has 0 heterocycles. The molecule has 3 aromatic carbocycles. The normalized spacial score (nSPS) is 10.9. The Hall–Kier alpha value is -4.08. The Labute approximate surface area is 198 Å². The SMILES string of the molecule is [C-]#[N+]/C=C\c1ccc(N(c2ccc(/C=C/[N+]#[C-])cc2)c2ccc(CCCCCC)cc2)cc1. The van der Waals surface area contributed by atoms with Crippen molar-refractivity contribution in [3.05, 3.63) is 125 Å². The summed E-state index contributed by atoms with van der Waals surface area (Å²) in [4.78, 5) is 8.80. The molecule has 0 aliphatic rings. The maximum atomic E-state index is 6.94. The van der Waals surface area contributed by atoms with Crippen molar-refractivity contribution in [1.82, 2.24) is 0 Å². The number of rotatable bonds is 10. The zero-order chi connectivity index (χ0) is 23.3. The van der Waals surface area contributed by atoms with Crippen molar-refractivity contribution < 1.29 is 0 Å². The summed E-state index contributed by atoms with van der Waals surface area (Å²) < 4.78 is 0. The first kappa shape index (κ1) is 23.6. The van der Waals surface area contributed by atoms with E-state index in [-0.39, 0.29) is 0 Å². The van der Waals surface area contributed by atoms with Crippen LogP contribution in [0.25, 0.3) is 21.8 Å². The highest BCUT2D eigenvalue weighted by atomic mass is 15.1. The molecular formula is C30H29N3. The summed E-state index contributed by atoms with van der Waals surface area (Å²) in [5.74, 6) is 0. The van der Waals surface area contributed by atoms with Crippen LogP contribution < -0.4 is 4.90 Å². The highest BCUT2D eigenvalue weighted by Crippen LogP contribution is 2.35. The second kappa shape index (κ2) is 12.7. The summed E-state index contributed by atoms with van der Waals surface area (Å²) in [6.45, 7) is 16.1. The molecule has 0 fully saturated rings. The van der Waals surface area contributed by atoms with E-state index >= 15 is 0 Å². The Morgan fingerprint density at radius 1 is 0.636 bits per heavy atom. The van der Waals surface area contributed by atoms with E-state index in [1.54, 1.807) is 0 Å². The van der Waals surface area contributed by atoms with E-state index < -0.39 is 0 Å². The van der Waals surface area contributed by atoms with Crippen molar-refractivity contribution in [3.8, 4) is 0 Å². The lowest BCUT2D eigenvalue weighted by molar-refractivity contribution is 0.667. The molecule has 164 valence electrons. The third kappa shape index (κ3) is 6.96. The molecule has 0 saturated heterocycles. The predicted molar refractivity (Wildman–Crippen MR) is 140 cm³/mol. The number of nitrogens with zero attached hydrogens (tertiary/aromatic N) is 3. The molecule has 3 heteroatoms. The summed E-state index contributed by atoms with van der Waals surface area (Å²) in [7, 11) is 0. The lowest BCUT2D eigenvalue weighted by Gasteiger charge is -2.26. The molecule has 0 aliphatic carbocycles. The topological polar surface area (TPSA) is 12.0 Å². The van der Waals surface area contributed by atoms with Gasteiger partial charge in [-0.05, 0) is 65.9 Å². The first-order chi connectivity index (χ1) is 16.2. The second-order valence-corrected chi connectivity index (χ2v) is 7.89. The Balaban J connectivity index is 1.90. The summed E-state index contributed by atoms with van der Waals surface area (Å²) >= 11 is 0. The van der Waals surface area contributed by atoms with Crippen LogP contribution in [0.15, 0.2) is 85.2 Å². The van der Waals surface area contributed by atoms with E-state index in [4.69, 9.17) is 13.1 Å². The Morgan fingerprint density at radius 2 is 1.09 bits per heavy atom. The zero-order valence-corrected chi connectivity index (χ0v) is 19.1. The largest absolute Gasteiger partial charge is 0.311 e. The van der Waals surface area contributed by atoms with Gasteiger partial charge in [0.2, 0.25) is 0 Å². The smallest absolute Gasteiger partial charge is 0.154 e. The van der Waals surface area contributed by atoms with Crippen LogP contribution in [0, 0.1) is 13.1 Å².